The monoisotopic (exact) mass is 373 g/mol. The Bertz CT molecular complexity index is 879. The molecule has 0 spiro atoms. The van der Waals surface area contributed by atoms with Gasteiger partial charge in [0, 0.05) is 36.5 Å². The third-order valence-corrected chi connectivity index (χ3v) is 5.98. The van der Waals surface area contributed by atoms with Crippen LogP contribution in [-0.4, -0.2) is 23.5 Å². The van der Waals surface area contributed by atoms with Gasteiger partial charge in [-0.25, -0.2) is 0 Å². The molecule has 0 aromatic carbocycles. The number of pyridine rings is 1. The highest BCUT2D eigenvalue weighted by molar-refractivity contribution is 6.05. The number of nitrogens with zero attached hydrogens (tertiary/aromatic N) is 3. The van der Waals surface area contributed by atoms with Crippen LogP contribution in [0.3, 0.4) is 0 Å². The zero-order chi connectivity index (χ0) is 20.1. The molecule has 3 rings (SSSR count). The number of rotatable bonds is 8. The second-order valence-electron chi connectivity index (χ2n) is 7.94. The van der Waals surface area contributed by atoms with Crippen molar-refractivity contribution in [1.29, 1.82) is 5.26 Å². The minimum atomic E-state index is 0.720. The second kappa shape index (κ2) is 9.06. The summed E-state index contributed by atoms with van der Waals surface area (Å²) in [4.78, 5) is 6.77. The van der Waals surface area contributed by atoms with Crippen molar-refractivity contribution in [3.05, 3.63) is 65.2 Å². The molecule has 0 saturated carbocycles. The molecule has 0 saturated heterocycles. The van der Waals surface area contributed by atoms with Gasteiger partial charge < -0.3 is 4.90 Å². The van der Waals surface area contributed by atoms with Crippen LogP contribution in [0, 0.1) is 17.2 Å². The first kappa shape index (κ1) is 20.1. The summed E-state index contributed by atoms with van der Waals surface area (Å²) in [5.74, 6) is 0.720. The van der Waals surface area contributed by atoms with E-state index in [0.29, 0.717) is 0 Å². The maximum absolute atomic E-state index is 10.1. The zero-order valence-corrected chi connectivity index (χ0v) is 17.5. The Balaban J connectivity index is 1.92. The summed E-state index contributed by atoms with van der Waals surface area (Å²) in [7, 11) is 2.06. The van der Waals surface area contributed by atoms with Gasteiger partial charge in [-0.05, 0) is 48.2 Å². The molecule has 1 atom stereocenters. The van der Waals surface area contributed by atoms with Gasteiger partial charge in [0.25, 0.3) is 0 Å². The molecule has 1 aromatic heterocycles. The van der Waals surface area contributed by atoms with Crippen molar-refractivity contribution in [1.82, 2.24) is 9.88 Å². The van der Waals surface area contributed by atoms with Gasteiger partial charge in [0.2, 0.25) is 0 Å². The molecular formula is C25H31N3. The average molecular weight is 374 g/mol. The largest absolute Gasteiger partial charge is 0.376 e. The van der Waals surface area contributed by atoms with Crippen LogP contribution in [0.15, 0.2) is 53.9 Å². The smallest absolute Gasteiger partial charge is 0.100 e. The highest BCUT2D eigenvalue weighted by Crippen LogP contribution is 2.45. The van der Waals surface area contributed by atoms with Crippen LogP contribution in [0.25, 0.3) is 11.1 Å². The van der Waals surface area contributed by atoms with E-state index in [1.165, 1.54) is 31.3 Å². The summed E-state index contributed by atoms with van der Waals surface area (Å²) in [6, 6.07) is 6.54. The predicted octanol–water partition coefficient (Wildman–Crippen LogP) is 6.14. The molecule has 0 amide bonds. The van der Waals surface area contributed by atoms with Gasteiger partial charge in [-0.3, -0.25) is 4.98 Å². The Hall–Kier alpha value is -2.60. The molecule has 2 heterocycles. The van der Waals surface area contributed by atoms with Crippen LogP contribution in [0.1, 0.15) is 63.6 Å². The Labute approximate surface area is 169 Å². The summed E-state index contributed by atoms with van der Waals surface area (Å²) >= 11 is 0. The SMILES string of the molecule is C=C(CCC(CC)CCCC)/C(C#N)=C1\C2=C(C=CN(C)C2)c2ncccc21. The fourth-order valence-corrected chi connectivity index (χ4v) is 4.26. The Morgan fingerprint density at radius 3 is 2.89 bits per heavy atom. The Kier molecular flexibility index (Phi) is 6.52. The van der Waals surface area contributed by atoms with E-state index in [2.05, 4.69) is 61.8 Å². The first-order valence-electron chi connectivity index (χ1n) is 10.5. The molecule has 0 radical (unpaired) electrons. The van der Waals surface area contributed by atoms with Crippen LogP contribution < -0.4 is 0 Å². The molecule has 1 unspecified atom stereocenters. The molecule has 2 aliphatic rings. The van der Waals surface area contributed by atoms with E-state index in [1.807, 2.05) is 12.3 Å². The van der Waals surface area contributed by atoms with Crippen molar-refractivity contribution in [3.8, 4) is 6.07 Å². The lowest BCUT2D eigenvalue weighted by atomic mass is 9.87. The fraction of sp³-hybridized carbons (Fsp3) is 0.440. The van der Waals surface area contributed by atoms with E-state index in [1.54, 1.807) is 0 Å². The first-order valence-corrected chi connectivity index (χ1v) is 10.5. The molecule has 0 fully saturated rings. The highest BCUT2D eigenvalue weighted by atomic mass is 15.1. The Morgan fingerprint density at radius 1 is 1.36 bits per heavy atom. The van der Waals surface area contributed by atoms with Crippen molar-refractivity contribution in [2.45, 2.75) is 52.4 Å². The van der Waals surface area contributed by atoms with Crippen LogP contribution >= 0.6 is 0 Å². The van der Waals surface area contributed by atoms with Gasteiger partial charge in [-0.15, -0.1) is 0 Å². The number of nitriles is 1. The van der Waals surface area contributed by atoms with E-state index in [-0.39, 0.29) is 0 Å². The van der Waals surface area contributed by atoms with Crippen LogP contribution in [-0.2, 0) is 0 Å². The lowest BCUT2D eigenvalue weighted by Crippen LogP contribution is -2.17. The van der Waals surface area contributed by atoms with Crippen molar-refractivity contribution < 1.29 is 0 Å². The molecule has 1 aromatic rings. The summed E-state index contributed by atoms with van der Waals surface area (Å²) in [5, 5.41) is 10.1. The number of hydrogen-bond acceptors (Lipinski definition) is 3. The molecule has 0 bridgehead atoms. The number of likely N-dealkylation sites (N-methyl/N-ethyl adjacent to an activating group) is 1. The number of hydrogen-bond donors (Lipinski definition) is 0. The van der Waals surface area contributed by atoms with E-state index in [4.69, 9.17) is 0 Å². The third kappa shape index (κ3) is 3.97. The second-order valence-corrected chi connectivity index (χ2v) is 7.94. The maximum Gasteiger partial charge on any atom is 0.100 e. The highest BCUT2D eigenvalue weighted by Gasteiger charge is 2.31. The van der Waals surface area contributed by atoms with E-state index in [9.17, 15) is 5.26 Å². The summed E-state index contributed by atoms with van der Waals surface area (Å²) in [6.07, 6.45) is 13.0. The van der Waals surface area contributed by atoms with Crippen LogP contribution in [0.5, 0.6) is 0 Å². The molecule has 28 heavy (non-hydrogen) atoms. The molecule has 1 aliphatic heterocycles. The number of fused-ring (bicyclic) bond motifs is 2. The summed E-state index contributed by atoms with van der Waals surface area (Å²) < 4.78 is 0. The minimum Gasteiger partial charge on any atom is -0.376 e. The van der Waals surface area contributed by atoms with E-state index in [0.717, 1.165) is 58.9 Å². The van der Waals surface area contributed by atoms with Crippen LogP contribution in [0.2, 0.25) is 0 Å². The van der Waals surface area contributed by atoms with Gasteiger partial charge in [0.1, 0.15) is 6.07 Å². The van der Waals surface area contributed by atoms with Crippen molar-refractivity contribution in [2.75, 3.05) is 13.6 Å². The quantitative estimate of drug-likeness (QED) is 0.514. The standard InChI is InChI=1S/C25H31N3/c1-5-7-9-19(6-2)12-11-18(3)22(16-26)24-21-10-8-14-27-25(21)20-13-15-28(4)17-23(20)24/h8,10,13-15,19H,3,5-7,9,11-12,17H2,1-2,4H3/b24-22-. The third-order valence-electron chi connectivity index (χ3n) is 5.98. The normalized spacial score (nSPS) is 17.9. The summed E-state index contributed by atoms with van der Waals surface area (Å²) in [6.45, 7) is 9.64. The van der Waals surface area contributed by atoms with Gasteiger partial charge in [-0.2, -0.15) is 5.26 Å². The lowest BCUT2D eigenvalue weighted by molar-refractivity contribution is 0.422. The van der Waals surface area contributed by atoms with Gasteiger partial charge in [-0.1, -0.05) is 52.2 Å². The molecule has 146 valence electrons. The summed E-state index contributed by atoms with van der Waals surface area (Å²) in [5.41, 5.74) is 7.17. The number of aromatic nitrogens is 1. The minimum absolute atomic E-state index is 0.720. The van der Waals surface area contributed by atoms with E-state index >= 15 is 0 Å². The lowest BCUT2D eigenvalue weighted by Gasteiger charge is -2.22. The number of allylic oxidation sites excluding steroid dienone is 4. The molecule has 3 heteroatoms. The van der Waals surface area contributed by atoms with Gasteiger partial charge in [0.15, 0.2) is 0 Å². The Morgan fingerprint density at radius 2 is 2.18 bits per heavy atom. The topological polar surface area (TPSA) is 39.9 Å². The van der Waals surface area contributed by atoms with Crippen molar-refractivity contribution in [3.63, 3.8) is 0 Å². The molecular weight excluding hydrogens is 342 g/mol. The molecule has 1 aliphatic carbocycles. The first-order chi connectivity index (χ1) is 13.6. The molecule has 0 N–H and O–H groups in total. The molecule has 3 nitrogen and oxygen atoms in total. The zero-order valence-electron chi connectivity index (χ0n) is 17.5. The van der Waals surface area contributed by atoms with Gasteiger partial charge >= 0.3 is 0 Å². The van der Waals surface area contributed by atoms with Crippen LogP contribution in [0.4, 0.5) is 0 Å². The van der Waals surface area contributed by atoms with Crippen molar-refractivity contribution in [2.24, 2.45) is 5.92 Å². The predicted molar refractivity (Wildman–Crippen MR) is 117 cm³/mol. The van der Waals surface area contributed by atoms with Gasteiger partial charge in [0.05, 0.1) is 11.3 Å². The van der Waals surface area contributed by atoms with E-state index < -0.39 is 0 Å². The number of unbranched alkanes of at least 4 members (excludes halogenated alkanes) is 1. The van der Waals surface area contributed by atoms with Crippen molar-refractivity contribution >= 4 is 11.1 Å². The average Bonchev–Trinajstić information content (AvgIpc) is 3.02. The maximum atomic E-state index is 10.1. The fourth-order valence-electron chi connectivity index (χ4n) is 4.26.